The molecule has 2 aliphatic heterocycles. The van der Waals surface area contributed by atoms with Crippen LogP contribution in [0.2, 0.25) is 0 Å². The minimum Gasteiger partial charge on any atom is -0.335 e. The molecule has 1 unspecified atom stereocenters. The number of rotatable bonds is 1. The van der Waals surface area contributed by atoms with Crippen molar-refractivity contribution in [2.24, 2.45) is 11.5 Å². The molecule has 0 aliphatic carbocycles. The van der Waals surface area contributed by atoms with Gasteiger partial charge in [-0.05, 0) is 32.6 Å². The van der Waals surface area contributed by atoms with Crippen molar-refractivity contribution >= 4 is 18.3 Å². The molecule has 2 heterocycles. The van der Waals surface area contributed by atoms with E-state index in [0.717, 1.165) is 25.7 Å². The van der Waals surface area contributed by atoms with Crippen LogP contribution in [0.15, 0.2) is 0 Å². The number of piperidine rings is 1. The second-order valence-electron chi connectivity index (χ2n) is 4.65. The van der Waals surface area contributed by atoms with Crippen molar-refractivity contribution in [1.82, 2.24) is 4.90 Å². The van der Waals surface area contributed by atoms with Gasteiger partial charge in [-0.2, -0.15) is 0 Å². The molecule has 4 N–H and O–H groups in total. The number of hydrogen-bond acceptors (Lipinski definition) is 3. The highest BCUT2D eigenvalue weighted by Gasteiger charge is 2.42. The van der Waals surface area contributed by atoms with Crippen LogP contribution in [-0.2, 0) is 4.79 Å². The Kier molecular flexibility index (Phi) is 3.98. The molecule has 0 aromatic rings. The molecule has 2 bridgehead atoms. The number of nitrogens with two attached hydrogens (primary N) is 2. The van der Waals surface area contributed by atoms with Crippen molar-refractivity contribution in [1.29, 1.82) is 0 Å². The summed E-state index contributed by atoms with van der Waals surface area (Å²) < 4.78 is 0. The molecule has 4 nitrogen and oxygen atoms in total. The summed E-state index contributed by atoms with van der Waals surface area (Å²) in [7, 11) is 0. The Bertz CT molecular complexity index is 233. The molecule has 0 spiro atoms. The number of hydrogen-bond donors (Lipinski definition) is 2. The fourth-order valence-electron chi connectivity index (χ4n) is 2.81. The summed E-state index contributed by atoms with van der Waals surface area (Å²) in [5, 5.41) is 0. The highest BCUT2D eigenvalue weighted by Crippen LogP contribution is 2.35. The summed E-state index contributed by atoms with van der Waals surface area (Å²) in [6, 6.07) is 0.640. The highest BCUT2D eigenvalue weighted by atomic mass is 35.5. The SMILES string of the molecule is C[C@@H](N)C(=O)N1[C@@H]2CC[C@H]1CC(N)C2.Cl. The quantitative estimate of drug-likeness (QED) is 0.682. The van der Waals surface area contributed by atoms with Crippen LogP contribution in [0, 0.1) is 0 Å². The zero-order valence-corrected chi connectivity index (χ0v) is 9.87. The number of halogens is 1. The van der Waals surface area contributed by atoms with Crippen molar-refractivity contribution in [2.45, 2.75) is 56.8 Å². The summed E-state index contributed by atoms with van der Waals surface area (Å²) >= 11 is 0. The monoisotopic (exact) mass is 233 g/mol. The van der Waals surface area contributed by atoms with Crippen LogP contribution in [0.1, 0.15) is 32.6 Å². The topological polar surface area (TPSA) is 72.4 Å². The number of nitrogens with zero attached hydrogens (tertiary/aromatic N) is 1. The summed E-state index contributed by atoms with van der Waals surface area (Å²) in [5.74, 6) is 0.101. The predicted molar refractivity (Wildman–Crippen MR) is 61.8 cm³/mol. The summed E-state index contributed by atoms with van der Waals surface area (Å²) in [6.07, 6.45) is 4.12. The van der Waals surface area contributed by atoms with E-state index in [1.54, 1.807) is 6.92 Å². The highest BCUT2D eigenvalue weighted by molar-refractivity contribution is 5.85. The van der Waals surface area contributed by atoms with Crippen LogP contribution in [0.25, 0.3) is 0 Å². The van der Waals surface area contributed by atoms with Crippen LogP contribution in [0.3, 0.4) is 0 Å². The molecule has 2 rings (SSSR count). The predicted octanol–water partition coefficient (Wildman–Crippen LogP) is 0.236. The fraction of sp³-hybridized carbons (Fsp3) is 0.900. The van der Waals surface area contributed by atoms with E-state index in [4.69, 9.17) is 11.5 Å². The first-order valence-corrected chi connectivity index (χ1v) is 5.43. The van der Waals surface area contributed by atoms with Gasteiger partial charge in [0, 0.05) is 18.1 Å². The molecule has 1 amide bonds. The average Bonchev–Trinajstić information content (AvgIpc) is 2.37. The van der Waals surface area contributed by atoms with Crippen LogP contribution in [0.5, 0.6) is 0 Å². The second kappa shape index (κ2) is 4.68. The largest absolute Gasteiger partial charge is 0.335 e. The number of amides is 1. The Morgan fingerprint density at radius 3 is 2.20 bits per heavy atom. The van der Waals surface area contributed by atoms with E-state index in [2.05, 4.69) is 0 Å². The maximum Gasteiger partial charge on any atom is 0.239 e. The minimum atomic E-state index is -0.368. The smallest absolute Gasteiger partial charge is 0.239 e. The molecule has 0 saturated carbocycles. The normalized spacial score (nSPS) is 35.9. The summed E-state index contributed by atoms with van der Waals surface area (Å²) in [6.45, 7) is 1.76. The molecular weight excluding hydrogens is 214 g/mol. The third-order valence-corrected chi connectivity index (χ3v) is 3.41. The first-order chi connectivity index (χ1) is 6.59. The molecule has 2 fully saturated rings. The number of carbonyl (C=O) groups excluding carboxylic acids is 1. The molecule has 0 aromatic carbocycles. The van der Waals surface area contributed by atoms with Crippen molar-refractivity contribution in [3.05, 3.63) is 0 Å². The van der Waals surface area contributed by atoms with Crippen LogP contribution in [0.4, 0.5) is 0 Å². The first kappa shape index (κ1) is 12.7. The standard InChI is InChI=1S/C10H19N3O.ClH/c1-6(11)10(14)13-8-2-3-9(13)5-7(12)4-8;/h6-9H,2-5,11-12H2,1H3;1H/t6-,7?,8-,9+;/m1./s1. The van der Waals surface area contributed by atoms with Gasteiger partial charge in [0.1, 0.15) is 0 Å². The third-order valence-electron chi connectivity index (χ3n) is 3.41. The van der Waals surface area contributed by atoms with E-state index in [-0.39, 0.29) is 30.4 Å². The van der Waals surface area contributed by atoms with Crippen LogP contribution < -0.4 is 11.5 Å². The average molecular weight is 234 g/mol. The lowest BCUT2D eigenvalue weighted by atomic mass is 9.97. The molecule has 88 valence electrons. The lowest BCUT2D eigenvalue weighted by Crippen LogP contribution is -2.54. The Labute approximate surface area is 96.8 Å². The third kappa shape index (κ3) is 2.27. The van der Waals surface area contributed by atoms with E-state index in [9.17, 15) is 4.79 Å². The molecule has 0 radical (unpaired) electrons. The van der Waals surface area contributed by atoms with Gasteiger partial charge in [-0.25, -0.2) is 0 Å². The van der Waals surface area contributed by atoms with Gasteiger partial charge in [0.2, 0.25) is 5.91 Å². The number of carbonyl (C=O) groups is 1. The lowest BCUT2D eigenvalue weighted by molar-refractivity contribution is -0.136. The Morgan fingerprint density at radius 1 is 1.33 bits per heavy atom. The maximum atomic E-state index is 11.8. The van der Waals surface area contributed by atoms with Gasteiger partial charge in [0.25, 0.3) is 0 Å². The first-order valence-electron chi connectivity index (χ1n) is 5.43. The van der Waals surface area contributed by atoms with Crippen LogP contribution >= 0.6 is 12.4 Å². The van der Waals surface area contributed by atoms with Crippen molar-refractivity contribution in [2.75, 3.05) is 0 Å². The van der Waals surface area contributed by atoms with Gasteiger partial charge in [-0.3, -0.25) is 4.79 Å². The van der Waals surface area contributed by atoms with Crippen molar-refractivity contribution in [3.8, 4) is 0 Å². The molecule has 0 aromatic heterocycles. The summed E-state index contributed by atoms with van der Waals surface area (Å²) in [5.41, 5.74) is 11.6. The Balaban J connectivity index is 0.00000112. The number of fused-ring (bicyclic) bond motifs is 2. The zero-order valence-electron chi connectivity index (χ0n) is 9.06. The van der Waals surface area contributed by atoms with Gasteiger partial charge in [0.15, 0.2) is 0 Å². The fourth-order valence-corrected chi connectivity index (χ4v) is 2.81. The van der Waals surface area contributed by atoms with Gasteiger partial charge >= 0.3 is 0 Å². The minimum absolute atomic E-state index is 0. The van der Waals surface area contributed by atoms with E-state index in [1.165, 1.54) is 0 Å². The zero-order chi connectivity index (χ0) is 10.3. The van der Waals surface area contributed by atoms with E-state index in [1.807, 2.05) is 4.90 Å². The van der Waals surface area contributed by atoms with Gasteiger partial charge in [-0.1, -0.05) is 0 Å². The molecule has 2 aliphatic rings. The molecule has 5 heteroatoms. The summed E-state index contributed by atoms with van der Waals surface area (Å²) in [4.78, 5) is 13.8. The molecule has 2 saturated heterocycles. The second-order valence-corrected chi connectivity index (χ2v) is 4.65. The van der Waals surface area contributed by atoms with E-state index in [0.29, 0.717) is 12.1 Å². The van der Waals surface area contributed by atoms with E-state index >= 15 is 0 Å². The molecule has 4 atom stereocenters. The van der Waals surface area contributed by atoms with Crippen molar-refractivity contribution < 1.29 is 4.79 Å². The van der Waals surface area contributed by atoms with Gasteiger partial charge in [0.05, 0.1) is 6.04 Å². The van der Waals surface area contributed by atoms with Crippen molar-refractivity contribution in [3.63, 3.8) is 0 Å². The Morgan fingerprint density at radius 2 is 1.80 bits per heavy atom. The van der Waals surface area contributed by atoms with Crippen LogP contribution in [-0.4, -0.2) is 35.0 Å². The van der Waals surface area contributed by atoms with Gasteiger partial charge < -0.3 is 16.4 Å². The Hall–Kier alpha value is -0.320. The lowest BCUT2D eigenvalue weighted by Gasteiger charge is -2.38. The molecule has 15 heavy (non-hydrogen) atoms. The van der Waals surface area contributed by atoms with E-state index < -0.39 is 0 Å². The maximum absolute atomic E-state index is 11.8. The molecular formula is C10H20ClN3O. The van der Waals surface area contributed by atoms with Gasteiger partial charge in [-0.15, -0.1) is 12.4 Å².